The highest BCUT2D eigenvalue weighted by atomic mass is 16.3. The second kappa shape index (κ2) is 6.48. The van der Waals surface area contributed by atoms with E-state index in [9.17, 15) is 9.90 Å². The van der Waals surface area contributed by atoms with Gasteiger partial charge in [-0.15, -0.1) is 0 Å². The minimum absolute atomic E-state index is 0.107. The van der Waals surface area contributed by atoms with Gasteiger partial charge in [0.25, 0.3) is 0 Å². The molecule has 1 aromatic carbocycles. The molecule has 2 aliphatic rings. The van der Waals surface area contributed by atoms with Crippen molar-refractivity contribution < 1.29 is 9.90 Å². The van der Waals surface area contributed by atoms with Crippen LogP contribution in [-0.4, -0.2) is 42.2 Å². The predicted molar refractivity (Wildman–Crippen MR) is 83.1 cm³/mol. The SMILES string of the molecule is O=C1CC(CO)CN1Cc1ccccc1N1CCCCC1. The Kier molecular flexibility index (Phi) is 4.44. The molecule has 3 rings (SSSR count). The first-order valence-corrected chi connectivity index (χ1v) is 7.99. The summed E-state index contributed by atoms with van der Waals surface area (Å²) in [6, 6.07) is 8.43. The van der Waals surface area contributed by atoms with E-state index in [4.69, 9.17) is 0 Å². The zero-order valence-electron chi connectivity index (χ0n) is 12.5. The Balaban J connectivity index is 1.74. The number of anilines is 1. The number of carbonyl (C=O) groups is 1. The van der Waals surface area contributed by atoms with E-state index < -0.39 is 0 Å². The molecule has 1 atom stereocenters. The molecular weight excluding hydrogens is 264 g/mol. The standard InChI is InChI=1S/C17H24N2O2/c20-13-14-10-17(21)19(11-14)12-15-6-2-3-7-16(15)18-8-4-1-5-9-18/h2-3,6-7,14,20H,1,4-5,8-13H2. The molecule has 114 valence electrons. The Morgan fingerprint density at radius 1 is 1.14 bits per heavy atom. The molecule has 1 N–H and O–H groups in total. The molecule has 0 aromatic heterocycles. The van der Waals surface area contributed by atoms with Gasteiger partial charge in [0.1, 0.15) is 0 Å². The maximum atomic E-state index is 12.0. The van der Waals surface area contributed by atoms with Crippen molar-refractivity contribution >= 4 is 11.6 Å². The third kappa shape index (κ3) is 3.21. The van der Waals surface area contributed by atoms with E-state index in [-0.39, 0.29) is 18.4 Å². The Morgan fingerprint density at radius 2 is 1.90 bits per heavy atom. The van der Waals surface area contributed by atoms with Crippen molar-refractivity contribution in [3.8, 4) is 0 Å². The van der Waals surface area contributed by atoms with Crippen LogP contribution in [0.2, 0.25) is 0 Å². The van der Waals surface area contributed by atoms with E-state index >= 15 is 0 Å². The Hall–Kier alpha value is -1.55. The second-order valence-corrected chi connectivity index (χ2v) is 6.20. The van der Waals surface area contributed by atoms with Crippen molar-refractivity contribution in [2.45, 2.75) is 32.2 Å². The van der Waals surface area contributed by atoms with E-state index in [1.807, 2.05) is 11.0 Å². The molecule has 0 bridgehead atoms. The van der Waals surface area contributed by atoms with Crippen molar-refractivity contribution in [3.63, 3.8) is 0 Å². The van der Waals surface area contributed by atoms with Gasteiger partial charge in [0.15, 0.2) is 0 Å². The van der Waals surface area contributed by atoms with Gasteiger partial charge >= 0.3 is 0 Å². The Bertz CT molecular complexity index is 497. The van der Waals surface area contributed by atoms with Crippen LogP contribution in [-0.2, 0) is 11.3 Å². The highest BCUT2D eigenvalue weighted by Gasteiger charge is 2.29. The van der Waals surface area contributed by atoms with Crippen LogP contribution in [0, 0.1) is 5.92 Å². The summed E-state index contributed by atoms with van der Waals surface area (Å²) in [6.45, 7) is 3.69. The van der Waals surface area contributed by atoms with E-state index in [0.717, 1.165) is 13.1 Å². The average molecular weight is 288 g/mol. The van der Waals surface area contributed by atoms with Gasteiger partial charge in [0.05, 0.1) is 0 Å². The molecular formula is C17H24N2O2. The van der Waals surface area contributed by atoms with Gasteiger partial charge in [0, 0.05) is 50.8 Å². The van der Waals surface area contributed by atoms with E-state index in [1.165, 1.54) is 30.5 Å². The normalized spacial score (nSPS) is 22.9. The summed E-state index contributed by atoms with van der Waals surface area (Å²) in [4.78, 5) is 16.4. The molecule has 2 aliphatic heterocycles. The molecule has 1 unspecified atom stereocenters. The Morgan fingerprint density at radius 3 is 2.62 bits per heavy atom. The van der Waals surface area contributed by atoms with Crippen LogP contribution in [0.3, 0.4) is 0 Å². The fourth-order valence-corrected chi connectivity index (χ4v) is 3.42. The zero-order valence-corrected chi connectivity index (χ0v) is 12.5. The lowest BCUT2D eigenvalue weighted by Crippen LogP contribution is -2.32. The van der Waals surface area contributed by atoms with Crippen molar-refractivity contribution in [1.82, 2.24) is 4.90 Å². The fourth-order valence-electron chi connectivity index (χ4n) is 3.42. The molecule has 0 radical (unpaired) electrons. The number of amides is 1. The molecule has 4 nitrogen and oxygen atoms in total. The molecule has 1 amide bonds. The highest BCUT2D eigenvalue weighted by Crippen LogP contribution is 2.27. The van der Waals surface area contributed by atoms with Crippen LogP contribution in [0.25, 0.3) is 0 Å². The van der Waals surface area contributed by atoms with Crippen molar-refractivity contribution in [1.29, 1.82) is 0 Å². The lowest BCUT2D eigenvalue weighted by Gasteiger charge is -2.31. The lowest BCUT2D eigenvalue weighted by atomic mass is 10.1. The highest BCUT2D eigenvalue weighted by molar-refractivity contribution is 5.78. The molecule has 0 spiro atoms. The van der Waals surface area contributed by atoms with Gasteiger partial charge in [-0.25, -0.2) is 0 Å². The van der Waals surface area contributed by atoms with E-state index in [1.54, 1.807) is 0 Å². The monoisotopic (exact) mass is 288 g/mol. The number of aliphatic hydroxyl groups excluding tert-OH is 1. The number of hydrogen-bond donors (Lipinski definition) is 1. The summed E-state index contributed by atoms with van der Waals surface area (Å²) in [7, 11) is 0. The molecule has 21 heavy (non-hydrogen) atoms. The molecule has 4 heteroatoms. The van der Waals surface area contributed by atoms with E-state index in [2.05, 4.69) is 23.1 Å². The topological polar surface area (TPSA) is 43.8 Å². The lowest BCUT2D eigenvalue weighted by molar-refractivity contribution is -0.128. The summed E-state index contributed by atoms with van der Waals surface area (Å²) in [5.41, 5.74) is 2.50. The molecule has 0 saturated carbocycles. The van der Waals surface area contributed by atoms with E-state index in [0.29, 0.717) is 19.5 Å². The van der Waals surface area contributed by atoms with Gasteiger partial charge in [-0.2, -0.15) is 0 Å². The first-order chi connectivity index (χ1) is 10.3. The number of aliphatic hydroxyl groups is 1. The summed E-state index contributed by atoms with van der Waals surface area (Å²) in [5, 5.41) is 9.24. The Labute approximate surface area is 126 Å². The van der Waals surface area contributed by atoms with Gasteiger partial charge < -0.3 is 14.9 Å². The number of nitrogens with zero attached hydrogens (tertiary/aromatic N) is 2. The quantitative estimate of drug-likeness (QED) is 0.922. The number of hydrogen-bond acceptors (Lipinski definition) is 3. The van der Waals surface area contributed by atoms with Crippen molar-refractivity contribution in [3.05, 3.63) is 29.8 Å². The third-order valence-corrected chi connectivity index (χ3v) is 4.60. The van der Waals surface area contributed by atoms with Crippen molar-refractivity contribution in [2.75, 3.05) is 31.1 Å². The molecule has 2 fully saturated rings. The minimum atomic E-state index is 0.107. The fraction of sp³-hybridized carbons (Fsp3) is 0.588. The second-order valence-electron chi connectivity index (χ2n) is 6.20. The number of benzene rings is 1. The number of likely N-dealkylation sites (tertiary alicyclic amines) is 1. The third-order valence-electron chi connectivity index (χ3n) is 4.60. The van der Waals surface area contributed by atoms with Crippen LogP contribution in [0.5, 0.6) is 0 Å². The summed E-state index contributed by atoms with van der Waals surface area (Å²) in [6.07, 6.45) is 4.32. The molecule has 1 aromatic rings. The summed E-state index contributed by atoms with van der Waals surface area (Å²) >= 11 is 0. The van der Waals surface area contributed by atoms with Crippen LogP contribution in [0.4, 0.5) is 5.69 Å². The zero-order chi connectivity index (χ0) is 14.7. The molecule has 2 heterocycles. The first-order valence-electron chi connectivity index (χ1n) is 7.99. The van der Waals surface area contributed by atoms with Crippen molar-refractivity contribution in [2.24, 2.45) is 5.92 Å². The van der Waals surface area contributed by atoms with Gasteiger partial charge in [0.2, 0.25) is 5.91 Å². The first kappa shape index (κ1) is 14.4. The van der Waals surface area contributed by atoms with Crippen LogP contribution >= 0.6 is 0 Å². The number of piperidine rings is 1. The summed E-state index contributed by atoms with van der Waals surface area (Å²) < 4.78 is 0. The predicted octanol–water partition coefficient (Wildman–Crippen LogP) is 2.02. The number of rotatable bonds is 4. The smallest absolute Gasteiger partial charge is 0.223 e. The van der Waals surface area contributed by atoms with Crippen LogP contribution in [0.1, 0.15) is 31.2 Å². The molecule has 0 aliphatic carbocycles. The maximum absolute atomic E-state index is 12.0. The largest absolute Gasteiger partial charge is 0.396 e. The minimum Gasteiger partial charge on any atom is -0.396 e. The molecule has 2 saturated heterocycles. The van der Waals surface area contributed by atoms with Gasteiger partial charge in [-0.3, -0.25) is 4.79 Å². The van der Waals surface area contributed by atoms with Gasteiger partial charge in [-0.1, -0.05) is 18.2 Å². The van der Waals surface area contributed by atoms with Crippen LogP contribution in [0.15, 0.2) is 24.3 Å². The van der Waals surface area contributed by atoms with Crippen LogP contribution < -0.4 is 4.90 Å². The average Bonchev–Trinajstić information content (AvgIpc) is 2.89. The number of carbonyl (C=O) groups excluding carboxylic acids is 1. The maximum Gasteiger partial charge on any atom is 0.223 e. The summed E-state index contributed by atoms with van der Waals surface area (Å²) in [5.74, 6) is 0.280. The number of para-hydroxylation sites is 1. The van der Waals surface area contributed by atoms with Gasteiger partial charge in [-0.05, 0) is 30.9 Å².